The summed E-state index contributed by atoms with van der Waals surface area (Å²) in [6.07, 6.45) is 0.178. The molecule has 0 radical (unpaired) electrons. The number of hydrogen-bond acceptors (Lipinski definition) is 7. The fourth-order valence-electron chi connectivity index (χ4n) is 6.89. The fraction of sp³-hybridized carbons (Fsp3) is 0.312. The quantitative estimate of drug-likeness (QED) is 0.185. The van der Waals surface area contributed by atoms with Crippen LogP contribution in [0.1, 0.15) is 54.4 Å². The third kappa shape index (κ3) is 4.43. The zero-order valence-electron chi connectivity index (χ0n) is 23.1. The van der Waals surface area contributed by atoms with E-state index >= 15 is 0 Å². The minimum atomic E-state index is -1.19. The van der Waals surface area contributed by atoms with Crippen LogP contribution in [0.5, 0.6) is 0 Å². The van der Waals surface area contributed by atoms with Gasteiger partial charge in [0.2, 0.25) is 11.8 Å². The van der Waals surface area contributed by atoms with E-state index in [4.69, 9.17) is 4.74 Å². The van der Waals surface area contributed by atoms with Crippen molar-refractivity contribution in [3.05, 3.63) is 105 Å². The summed E-state index contributed by atoms with van der Waals surface area (Å²) in [5, 5.41) is 13.5. The highest BCUT2D eigenvalue weighted by atomic mass is 16.6. The molecule has 42 heavy (non-hydrogen) atoms. The first kappa shape index (κ1) is 27.3. The van der Waals surface area contributed by atoms with Gasteiger partial charge in [0.05, 0.1) is 16.8 Å². The lowest BCUT2D eigenvalue weighted by Gasteiger charge is -2.45. The number of benzene rings is 3. The van der Waals surface area contributed by atoms with Crippen LogP contribution in [0.3, 0.4) is 0 Å². The molecular weight excluding hydrogens is 538 g/mol. The van der Waals surface area contributed by atoms with Crippen molar-refractivity contribution >= 4 is 35.1 Å². The number of nitrogens with one attached hydrogen (secondary N) is 1. The number of rotatable bonds is 8. The lowest BCUT2D eigenvalue weighted by molar-refractivity contribution is -0.384. The van der Waals surface area contributed by atoms with Crippen LogP contribution >= 0.6 is 0 Å². The van der Waals surface area contributed by atoms with Crippen LogP contribution in [0, 0.1) is 27.9 Å². The summed E-state index contributed by atoms with van der Waals surface area (Å²) in [7, 11) is 0. The second-order valence-corrected chi connectivity index (χ2v) is 11.4. The number of nitro benzene ring substituents is 1. The van der Waals surface area contributed by atoms with Gasteiger partial charge in [-0.25, -0.2) is 4.79 Å². The van der Waals surface area contributed by atoms with Gasteiger partial charge in [-0.05, 0) is 40.7 Å². The van der Waals surface area contributed by atoms with Crippen molar-refractivity contribution in [1.29, 1.82) is 0 Å². The van der Waals surface area contributed by atoms with E-state index in [2.05, 4.69) is 5.32 Å². The molecule has 10 nitrogen and oxygen atoms in total. The third-order valence-corrected chi connectivity index (χ3v) is 8.45. The van der Waals surface area contributed by atoms with Gasteiger partial charge in [-0.15, -0.1) is 0 Å². The maximum absolute atomic E-state index is 14.1. The van der Waals surface area contributed by atoms with Crippen molar-refractivity contribution in [2.75, 3.05) is 11.9 Å². The van der Waals surface area contributed by atoms with Crippen molar-refractivity contribution in [3.8, 4) is 0 Å². The van der Waals surface area contributed by atoms with Gasteiger partial charge < -0.3 is 10.1 Å². The smallest absolute Gasteiger partial charge is 0.329 e. The van der Waals surface area contributed by atoms with Gasteiger partial charge in [-0.1, -0.05) is 68.4 Å². The molecule has 1 aliphatic heterocycles. The van der Waals surface area contributed by atoms with Gasteiger partial charge in [0.15, 0.2) is 6.61 Å². The molecule has 3 aromatic carbocycles. The standard InChI is InChI=1S/C32H29N3O7/c1-17(2)14-24(32(39)42-16-25(36)33-18-8-7-9-19(15-18)35(40)41)34-30(37)28-26-20-10-3-4-11-21(20)27(29(28)31(34)38)23-13-6-5-12-22(23)26/h3-13,15,17,24,26-29H,14,16H2,1-2H3,(H,33,36)/t24-,26?,27?,28-,29+/m1/s1. The Kier molecular flexibility index (Phi) is 6.84. The predicted octanol–water partition coefficient (Wildman–Crippen LogP) is 4.38. The van der Waals surface area contributed by atoms with Gasteiger partial charge in [0, 0.05) is 29.7 Å². The van der Waals surface area contributed by atoms with Crippen molar-refractivity contribution in [3.63, 3.8) is 0 Å². The number of non-ortho nitro benzene ring substituents is 1. The highest BCUT2D eigenvalue weighted by molar-refractivity contribution is 6.10. The van der Waals surface area contributed by atoms with Crippen LogP contribution in [0.4, 0.5) is 11.4 Å². The van der Waals surface area contributed by atoms with E-state index < -0.39 is 53.1 Å². The average Bonchev–Trinajstić information content (AvgIpc) is 3.24. The lowest BCUT2D eigenvalue weighted by atomic mass is 9.55. The minimum absolute atomic E-state index is 0.0596. The van der Waals surface area contributed by atoms with Crippen LogP contribution in [-0.4, -0.2) is 46.2 Å². The highest BCUT2D eigenvalue weighted by Gasteiger charge is 2.63. The zero-order chi connectivity index (χ0) is 29.7. The molecule has 4 aliphatic rings. The molecule has 3 amide bonds. The average molecular weight is 568 g/mol. The number of likely N-dealkylation sites (tertiary alicyclic amines) is 1. The number of nitrogens with zero attached hydrogens (tertiary/aromatic N) is 2. The maximum Gasteiger partial charge on any atom is 0.329 e. The molecule has 3 aromatic rings. The Balaban J connectivity index is 1.25. The molecule has 1 N–H and O–H groups in total. The molecule has 1 fully saturated rings. The SMILES string of the molecule is CC(C)C[C@H](C(=O)OCC(=O)Nc1cccc([N+](=O)[O-])c1)N1C(=O)[C@@H]2C3c4ccccc4C(c4ccccc43)[C@@H]2C1=O. The minimum Gasteiger partial charge on any atom is -0.454 e. The number of ether oxygens (including phenoxy) is 1. The van der Waals surface area contributed by atoms with Crippen molar-refractivity contribution in [1.82, 2.24) is 4.90 Å². The van der Waals surface area contributed by atoms with Crippen LogP contribution < -0.4 is 5.32 Å². The molecule has 0 saturated carbocycles. The van der Waals surface area contributed by atoms with Crippen LogP contribution in [0.25, 0.3) is 0 Å². The highest BCUT2D eigenvalue weighted by Crippen LogP contribution is 2.61. The Bertz CT molecular complexity index is 1520. The van der Waals surface area contributed by atoms with Crippen LogP contribution in [0.15, 0.2) is 72.8 Å². The first-order chi connectivity index (χ1) is 20.2. The van der Waals surface area contributed by atoms with E-state index in [1.807, 2.05) is 62.4 Å². The summed E-state index contributed by atoms with van der Waals surface area (Å²) < 4.78 is 5.34. The number of carbonyl (C=O) groups excluding carboxylic acids is 4. The molecule has 10 heteroatoms. The summed E-state index contributed by atoms with van der Waals surface area (Å²) in [5.41, 5.74) is 4.11. The number of anilines is 1. The molecule has 1 saturated heterocycles. The van der Waals surface area contributed by atoms with Crippen LogP contribution in [0.2, 0.25) is 0 Å². The number of esters is 1. The predicted molar refractivity (Wildman–Crippen MR) is 151 cm³/mol. The Morgan fingerprint density at radius 2 is 1.40 bits per heavy atom. The first-order valence-electron chi connectivity index (χ1n) is 13.9. The zero-order valence-corrected chi connectivity index (χ0v) is 23.1. The van der Waals surface area contributed by atoms with E-state index in [0.717, 1.165) is 27.2 Å². The topological polar surface area (TPSA) is 136 Å². The maximum atomic E-state index is 14.1. The largest absolute Gasteiger partial charge is 0.454 e. The molecule has 0 spiro atoms. The van der Waals surface area contributed by atoms with Gasteiger partial charge in [-0.3, -0.25) is 29.4 Å². The number of hydrogen-bond donors (Lipinski definition) is 1. The summed E-state index contributed by atoms with van der Waals surface area (Å²) in [4.78, 5) is 65.7. The number of carbonyl (C=O) groups is 4. The first-order valence-corrected chi connectivity index (χ1v) is 13.9. The van der Waals surface area contributed by atoms with Crippen molar-refractivity contribution < 1.29 is 28.8 Å². The molecule has 7 rings (SSSR count). The van der Waals surface area contributed by atoms with Gasteiger partial charge in [0.1, 0.15) is 6.04 Å². The Morgan fingerprint density at radius 3 is 1.88 bits per heavy atom. The summed E-state index contributed by atoms with van der Waals surface area (Å²) >= 11 is 0. The van der Waals surface area contributed by atoms with Gasteiger partial charge >= 0.3 is 5.97 Å². The van der Waals surface area contributed by atoms with E-state index in [0.29, 0.717) is 0 Å². The molecule has 0 unspecified atom stereocenters. The second-order valence-electron chi connectivity index (χ2n) is 11.4. The van der Waals surface area contributed by atoms with Crippen LogP contribution in [-0.2, 0) is 23.9 Å². The fourth-order valence-corrected chi connectivity index (χ4v) is 6.89. The van der Waals surface area contributed by atoms with E-state index in [9.17, 15) is 29.3 Å². The Labute approximate surface area is 241 Å². The van der Waals surface area contributed by atoms with Crippen molar-refractivity contribution in [2.45, 2.75) is 38.1 Å². The number of imide groups is 1. The molecule has 1 heterocycles. The lowest BCUT2D eigenvalue weighted by Crippen LogP contribution is -2.47. The molecule has 3 aliphatic carbocycles. The number of nitro groups is 1. The van der Waals surface area contributed by atoms with E-state index in [-0.39, 0.29) is 35.5 Å². The molecule has 0 aromatic heterocycles. The molecular formula is C32H29N3O7. The monoisotopic (exact) mass is 567 g/mol. The van der Waals surface area contributed by atoms with E-state index in [1.165, 1.54) is 24.3 Å². The molecule has 2 bridgehead atoms. The number of amides is 3. The van der Waals surface area contributed by atoms with E-state index in [1.54, 1.807) is 0 Å². The second kappa shape index (κ2) is 10.5. The normalized spacial score (nSPS) is 22.3. The van der Waals surface area contributed by atoms with Crippen molar-refractivity contribution in [2.24, 2.45) is 17.8 Å². The Hall–Kier alpha value is -4.86. The van der Waals surface area contributed by atoms with Gasteiger partial charge in [0.25, 0.3) is 11.6 Å². The molecule has 214 valence electrons. The molecule has 3 atom stereocenters. The third-order valence-electron chi connectivity index (χ3n) is 8.45. The summed E-state index contributed by atoms with van der Waals surface area (Å²) in [6.45, 7) is 3.08. The summed E-state index contributed by atoms with van der Waals surface area (Å²) in [5.74, 6) is -4.27. The van der Waals surface area contributed by atoms with Gasteiger partial charge in [-0.2, -0.15) is 0 Å². The summed E-state index contributed by atoms with van der Waals surface area (Å²) in [6, 6.07) is 20.0. The Morgan fingerprint density at radius 1 is 0.881 bits per heavy atom.